The number of benzene rings is 2. The Labute approximate surface area is 161 Å². The van der Waals surface area contributed by atoms with Crippen molar-refractivity contribution in [2.75, 3.05) is 7.11 Å². The van der Waals surface area contributed by atoms with E-state index in [1.54, 1.807) is 42.0 Å². The number of methoxy groups -OCH3 is 1. The molecule has 0 saturated heterocycles. The summed E-state index contributed by atoms with van der Waals surface area (Å²) >= 11 is 0. The fourth-order valence-corrected chi connectivity index (χ4v) is 3.95. The molecular weight excluding hydrogens is 395 g/mol. The molecule has 0 aliphatic carbocycles. The van der Waals surface area contributed by atoms with Gasteiger partial charge in [-0.15, -0.1) is 0 Å². The van der Waals surface area contributed by atoms with Crippen LogP contribution in [0.1, 0.15) is 11.1 Å². The smallest absolute Gasteiger partial charge is 0.405 e. The SMILES string of the molecule is COC(=O)C(Cc1ccccc1)C(NS(=O)(=O)c1ccc(C)cc1)C(F)(F)F. The van der Waals surface area contributed by atoms with Crippen LogP contribution in [0.2, 0.25) is 0 Å². The molecule has 0 bridgehead atoms. The molecule has 1 N–H and O–H groups in total. The van der Waals surface area contributed by atoms with Crippen LogP contribution in [0.15, 0.2) is 59.5 Å². The van der Waals surface area contributed by atoms with Crippen molar-refractivity contribution in [2.24, 2.45) is 5.92 Å². The van der Waals surface area contributed by atoms with Crippen molar-refractivity contribution in [3.63, 3.8) is 0 Å². The number of esters is 1. The Kier molecular flexibility index (Phi) is 6.84. The maximum Gasteiger partial charge on any atom is 0.405 e. The first-order chi connectivity index (χ1) is 13.0. The molecule has 2 atom stereocenters. The first-order valence-corrected chi connectivity index (χ1v) is 9.80. The van der Waals surface area contributed by atoms with Gasteiger partial charge < -0.3 is 4.74 Å². The number of hydrogen-bond acceptors (Lipinski definition) is 4. The Morgan fingerprint density at radius 2 is 1.64 bits per heavy atom. The first kappa shape index (κ1) is 21.9. The van der Waals surface area contributed by atoms with Gasteiger partial charge in [0, 0.05) is 0 Å². The van der Waals surface area contributed by atoms with Crippen molar-refractivity contribution < 1.29 is 31.1 Å². The minimum absolute atomic E-state index is 0.323. The molecule has 152 valence electrons. The predicted molar refractivity (Wildman–Crippen MR) is 97.0 cm³/mol. The second kappa shape index (κ2) is 8.74. The fourth-order valence-electron chi connectivity index (χ4n) is 2.69. The number of carbonyl (C=O) groups is 1. The molecule has 0 aliphatic heterocycles. The Hall–Kier alpha value is -2.39. The fraction of sp³-hybridized carbons (Fsp3) is 0.316. The molecule has 0 spiro atoms. The van der Waals surface area contributed by atoms with Gasteiger partial charge in [0.2, 0.25) is 10.0 Å². The summed E-state index contributed by atoms with van der Waals surface area (Å²) in [5.74, 6) is -2.94. The Morgan fingerprint density at radius 1 is 1.07 bits per heavy atom. The van der Waals surface area contributed by atoms with Gasteiger partial charge in [-0.1, -0.05) is 48.0 Å². The van der Waals surface area contributed by atoms with Gasteiger partial charge in [-0.2, -0.15) is 17.9 Å². The third kappa shape index (κ3) is 5.56. The Bertz CT molecular complexity index is 897. The summed E-state index contributed by atoms with van der Waals surface area (Å²) in [7, 11) is -3.56. The molecule has 0 fully saturated rings. The van der Waals surface area contributed by atoms with E-state index in [0.29, 0.717) is 5.56 Å². The van der Waals surface area contributed by atoms with Crippen molar-refractivity contribution >= 4 is 16.0 Å². The van der Waals surface area contributed by atoms with E-state index >= 15 is 0 Å². The van der Waals surface area contributed by atoms with Crippen molar-refractivity contribution in [1.82, 2.24) is 4.72 Å². The highest BCUT2D eigenvalue weighted by molar-refractivity contribution is 7.89. The molecule has 0 radical (unpaired) electrons. The maximum absolute atomic E-state index is 13.7. The van der Waals surface area contributed by atoms with Gasteiger partial charge in [-0.05, 0) is 31.0 Å². The second-order valence-electron chi connectivity index (χ2n) is 6.27. The molecule has 0 heterocycles. The molecule has 28 heavy (non-hydrogen) atoms. The standard InChI is InChI=1S/C19H20F3NO4S/c1-13-8-10-15(11-9-13)28(25,26)23-17(19(20,21)22)16(18(24)27-2)12-14-6-4-3-5-7-14/h3-11,16-17,23H,12H2,1-2H3. The van der Waals surface area contributed by atoms with Gasteiger partial charge in [0.25, 0.3) is 0 Å². The molecule has 2 aromatic carbocycles. The summed E-state index contributed by atoms with van der Waals surface area (Å²) in [6, 6.07) is 10.7. The van der Waals surface area contributed by atoms with Crippen molar-refractivity contribution in [3.8, 4) is 0 Å². The highest BCUT2D eigenvalue weighted by atomic mass is 32.2. The highest BCUT2D eigenvalue weighted by Crippen LogP contribution is 2.30. The van der Waals surface area contributed by atoms with E-state index in [9.17, 15) is 26.4 Å². The van der Waals surface area contributed by atoms with Gasteiger partial charge in [-0.25, -0.2) is 8.42 Å². The number of nitrogens with one attached hydrogen (secondary N) is 1. The number of halogens is 3. The summed E-state index contributed by atoms with van der Waals surface area (Å²) in [5.41, 5.74) is 1.20. The average Bonchev–Trinajstić information content (AvgIpc) is 2.64. The van der Waals surface area contributed by atoms with Crippen LogP contribution in [0, 0.1) is 12.8 Å². The van der Waals surface area contributed by atoms with Crippen LogP contribution in [0.3, 0.4) is 0 Å². The summed E-state index contributed by atoms with van der Waals surface area (Å²) in [5, 5.41) is 0. The topological polar surface area (TPSA) is 72.5 Å². The second-order valence-corrected chi connectivity index (χ2v) is 7.99. The number of rotatable bonds is 7. The molecule has 0 saturated carbocycles. The van der Waals surface area contributed by atoms with E-state index in [1.165, 1.54) is 24.3 Å². The van der Waals surface area contributed by atoms with Gasteiger partial charge >= 0.3 is 12.1 Å². The Balaban J connectivity index is 2.41. The normalized spacial score (nSPS) is 14.3. The Morgan fingerprint density at radius 3 is 2.14 bits per heavy atom. The summed E-state index contributed by atoms with van der Waals surface area (Å²) < 4.78 is 72.4. The van der Waals surface area contributed by atoms with Gasteiger partial charge in [0.15, 0.2) is 0 Å². The molecule has 2 rings (SSSR count). The molecular formula is C19H20F3NO4S. The van der Waals surface area contributed by atoms with Crippen LogP contribution >= 0.6 is 0 Å². The largest absolute Gasteiger partial charge is 0.469 e. The van der Waals surface area contributed by atoms with Crippen LogP contribution < -0.4 is 4.72 Å². The minimum atomic E-state index is -5.01. The summed E-state index contributed by atoms with van der Waals surface area (Å²) in [4.78, 5) is 11.8. The molecule has 0 aliphatic rings. The molecule has 0 aromatic heterocycles. The summed E-state index contributed by atoms with van der Waals surface area (Å²) in [6.07, 6.45) is -5.35. The van der Waals surface area contributed by atoms with Crippen LogP contribution in [0.4, 0.5) is 13.2 Å². The lowest BCUT2D eigenvalue weighted by Gasteiger charge is -2.28. The first-order valence-electron chi connectivity index (χ1n) is 8.32. The molecule has 9 heteroatoms. The quantitative estimate of drug-likeness (QED) is 0.705. The number of carbonyl (C=O) groups excluding carboxylic acids is 1. The van der Waals surface area contributed by atoms with Crippen molar-refractivity contribution in [1.29, 1.82) is 0 Å². The zero-order valence-electron chi connectivity index (χ0n) is 15.2. The minimum Gasteiger partial charge on any atom is -0.469 e. The van der Waals surface area contributed by atoms with Crippen LogP contribution in [-0.2, 0) is 26.0 Å². The zero-order chi connectivity index (χ0) is 20.9. The van der Waals surface area contributed by atoms with Gasteiger partial charge in [0.05, 0.1) is 17.9 Å². The summed E-state index contributed by atoms with van der Waals surface area (Å²) in [6.45, 7) is 1.72. The number of aryl methyl sites for hydroxylation is 1. The third-order valence-electron chi connectivity index (χ3n) is 4.17. The third-order valence-corrected chi connectivity index (χ3v) is 5.63. The van der Waals surface area contributed by atoms with Crippen molar-refractivity contribution in [2.45, 2.75) is 30.5 Å². The number of ether oxygens (including phenoxy) is 1. The maximum atomic E-state index is 13.7. The van der Waals surface area contributed by atoms with E-state index in [1.807, 2.05) is 0 Å². The van der Waals surface area contributed by atoms with E-state index in [2.05, 4.69) is 4.74 Å². The molecule has 0 amide bonds. The van der Waals surface area contributed by atoms with Gasteiger partial charge in [0.1, 0.15) is 6.04 Å². The van der Waals surface area contributed by atoms with E-state index in [4.69, 9.17) is 0 Å². The lowest BCUT2D eigenvalue weighted by atomic mass is 9.92. The molecule has 2 unspecified atom stereocenters. The number of sulfonamides is 1. The van der Waals surface area contributed by atoms with Crippen LogP contribution in [-0.4, -0.2) is 33.7 Å². The van der Waals surface area contributed by atoms with Crippen molar-refractivity contribution in [3.05, 3.63) is 65.7 Å². The average molecular weight is 415 g/mol. The van der Waals surface area contributed by atoms with Crippen LogP contribution in [0.25, 0.3) is 0 Å². The highest BCUT2D eigenvalue weighted by Gasteiger charge is 2.50. The van der Waals surface area contributed by atoms with E-state index < -0.39 is 34.1 Å². The number of hydrogen-bond donors (Lipinski definition) is 1. The predicted octanol–water partition coefficient (Wildman–Crippen LogP) is 3.24. The van der Waals surface area contributed by atoms with Crippen LogP contribution in [0.5, 0.6) is 0 Å². The van der Waals surface area contributed by atoms with Gasteiger partial charge in [-0.3, -0.25) is 4.79 Å². The lowest BCUT2D eigenvalue weighted by molar-refractivity contribution is -0.177. The van der Waals surface area contributed by atoms with E-state index in [0.717, 1.165) is 12.7 Å². The molecule has 2 aromatic rings. The zero-order valence-corrected chi connectivity index (χ0v) is 16.0. The lowest BCUT2D eigenvalue weighted by Crippen LogP contribution is -2.53. The molecule has 5 nitrogen and oxygen atoms in total. The monoisotopic (exact) mass is 415 g/mol. The number of alkyl halides is 3. The van der Waals surface area contributed by atoms with E-state index in [-0.39, 0.29) is 11.3 Å².